The van der Waals surface area contributed by atoms with Gasteiger partial charge < -0.3 is 9.47 Å². The number of esters is 2. The zero-order valence-corrected chi connectivity index (χ0v) is 12.3. The molecule has 0 aromatic rings. The van der Waals surface area contributed by atoms with Crippen LogP contribution in [0.1, 0.15) is 47.0 Å². The minimum absolute atomic E-state index is 0.291. The Hall–Kier alpha value is -1.58. The lowest BCUT2D eigenvalue weighted by atomic mass is 10.1. The molecule has 0 radical (unpaired) electrons. The lowest BCUT2D eigenvalue weighted by Crippen LogP contribution is -2.16. The number of hydrogen-bond donors (Lipinski definition) is 0. The summed E-state index contributed by atoms with van der Waals surface area (Å²) in [6.07, 6.45) is 5.25. The molecule has 0 rings (SSSR count). The van der Waals surface area contributed by atoms with Crippen molar-refractivity contribution in [2.45, 2.75) is 47.0 Å². The smallest absolute Gasteiger partial charge is 0.338 e. The zero-order chi connectivity index (χ0) is 14.7. The Morgan fingerprint density at radius 3 is 1.89 bits per heavy atom. The van der Waals surface area contributed by atoms with Crippen LogP contribution in [0.15, 0.2) is 23.3 Å². The first-order valence-electron chi connectivity index (χ1n) is 6.82. The summed E-state index contributed by atoms with van der Waals surface area (Å²) < 4.78 is 10.2. The van der Waals surface area contributed by atoms with Crippen molar-refractivity contribution in [3.05, 3.63) is 23.3 Å². The average molecular weight is 268 g/mol. The van der Waals surface area contributed by atoms with Crippen LogP contribution in [0.2, 0.25) is 0 Å². The number of rotatable bonds is 8. The van der Waals surface area contributed by atoms with Gasteiger partial charge in [-0.15, -0.1) is 0 Å². The van der Waals surface area contributed by atoms with Crippen molar-refractivity contribution in [3.8, 4) is 0 Å². The predicted molar refractivity (Wildman–Crippen MR) is 74.6 cm³/mol. The molecule has 0 N–H and O–H groups in total. The van der Waals surface area contributed by atoms with E-state index in [0.29, 0.717) is 30.8 Å². The topological polar surface area (TPSA) is 52.6 Å². The van der Waals surface area contributed by atoms with E-state index >= 15 is 0 Å². The Labute approximate surface area is 115 Å². The van der Waals surface area contributed by atoms with E-state index in [1.54, 1.807) is 19.1 Å². The fourth-order valence-corrected chi connectivity index (χ4v) is 1.46. The summed E-state index contributed by atoms with van der Waals surface area (Å²) in [7, 11) is 0. The minimum atomic E-state index is -0.467. The highest BCUT2D eigenvalue weighted by Gasteiger charge is 2.19. The number of ether oxygens (including phenoxy) is 2. The molecule has 0 heterocycles. The van der Waals surface area contributed by atoms with E-state index in [1.807, 2.05) is 20.8 Å². The van der Waals surface area contributed by atoms with Crippen LogP contribution in [0, 0.1) is 0 Å². The van der Waals surface area contributed by atoms with Crippen LogP contribution in [0.25, 0.3) is 0 Å². The van der Waals surface area contributed by atoms with Crippen LogP contribution in [-0.2, 0) is 19.1 Å². The van der Waals surface area contributed by atoms with E-state index in [9.17, 15) is 9.59 Å². The van der Waals surface area contributed by atoms with E-state index in [2.05, 4.69) is 0 Å². The van der Waals surface area contributed by atoms with Gasteiger partial charge in [-0.05, 0) is 26.2 Å². The summed E-state index contributed by atoms with van der Waals surface area (Å²) in [5, 5.41) is 0. The molecule has 0 bridgehead atoms. The maximum absolute atomic E-state index is 11.9. The highest BCUT2D eigenvalue weighted by atomic mass is 16.5. The second-order valence-electron chi connectivity index (χ2n) is 4.02. The first-order chi connectivity index (χ1) is 9.12. The number of allylic oxidation sites excluding steroid dienone is 1. The van der Waals surface area contributed by atoms with Gasteiger partial charge in [0.1, 0.15) is 0 Å². The molecule has 0 saturated heterocycles. The Balaban J connectivity index is 5.17. The number of carbonyl (C=O) groups is 2. The molecule has 0 aromatic carbocycles. The van der Waals surface area contributed by atoms with Crippen LogP contribution >= 0.6 is 0 Å². The minimum Gasteiger partial charge on any atom is -0.462 e. The fourth-order valence-electron chi connectivity index (χ4n) is 1.46. The monoisotopic (exact) mass is 268 g/mol. The van der Waals surface area contributed by atoms with Gasteiger partial charge in [-0.25, -0.2) is 9.59 Å². The molecule has 0 aliphatic rings. The zero-order valence-electron chi connectivity index (χ0n) is 12.3. The van der Waals surface area contributed by atoms with E-state index in [4.69, 9.17) is 9.47 Å². The third-order valence-electron chi connectivity index (χ3n) is 2.35. The van der Waals surface area contributed by atoms with Gasteiger partial charge in [0, 0.05) is 0 Å². The van der Waals surface area contributed by atoms with Crippen molar-refractivity contribution in [1.29, 1.82) is 0 Å². The number of carbonyl (C=O) groups excluding carboxylic acids is 2. The van der Waals surface area contributed by atoms with E-state index in [0.717, 1.165) is 12.8 Å². The van der Waals surface area contributed by atoms with Crippen molar-refractivity contribution in [3.63, 3.8) is 0 Å². The molecule has 0 aromatic heterocycles. The lowest BCUT2D eigenvalue weighted by molar-refractivity contribution is -0.142. The van der Waals surface area contributed by atoms with Crippen molar-refractivity contribution in [2.75, 3.05) is 13.2 Å². The SMILES string of the molecule is C/C=C\C(C(=O)OCCC)=C(/CC)C(=O)OCCC. The summed E-state index contributed by atoms with van der Waals surface area (Å²) in [6.45, 7) is 8.15. The summed E-state index contributed by atoms with van der Waals surface area (Å²) >= 11 is 0. The molecule has 0 unspecified atom stereocenters. The second-order valence-corrected chi connectivity index (χ2v) is 4.02. The fraction of sp³-hybridized carbons (Fsp3) is 0.600. The van der Waals surface area contributed by atoms with Gasteiger partial charge in [-0.2, -0.15) is 0 Å². The van der Waals surface area contributed by atoms with Crippen molar-refractivity contribution in [1.82, 2.24) is 0 Å². The van der Waals surface area contributed by atoms with Crippen molar-refractivity contribution in [2.24, 2.45) is 0 Å². The Kier molecular flexibility index (Phi) is 9.49. The summed E-state index contributed by atoms with van der Waals surface area (Å²) in [6, 6.07) is 0. The molecule has 0 spiro atoms. The molecule has 0 atom stereocenters. The molecule has 0 fully saturated rings. The Bertz CT molecular complexity index is 353. The first-order valence-corrected chi connectivity index (χ1v) is 6.82. The molecule has 0 saturated carbocycles. The quantitative estimate of drug-likeness (QED) is 0.385. The third-order valence-corrected chi connectivity index (χ3v) is 2.35. The van der Waals surface area contributed by atoms with Gasteiger partial charge in [0.25, 0.3) is 0 Å². The summed E-state index contributed by atoms with van der Waals surface area (Å²) in [5.41, 5.74) is 0.659. The number of hydrogen-bond acceptors (Lipinski definition) is 4. The normalized spacial score (nSPS) is 12.2. The van der Waals surface area contributed by atoms with E-state index < -0.39 is 11.9 Å². The molecule has 0 aliphatic heterocycles. The lowest BCUT2D eigenvalue weighted by Gasteiger charge is -2.10. The highest BCUT2D eigenvalue weighted by molar-refractivity contribution is 6.02. The van der Waals surface area contributed by atoms with Gasteiger partial charge in [-0.1, -0.05) is 32.9 Å². The Morgan fingerprint density at radius 2 is 1.47 bits per heavy atom. The molecule has 19 heavy (non-hydrogen) atoms. The average Bonchev–Trinajstić information content (AvgIpc) is 2.42. The van der Waals surface area contributed by atoms with E-state index in [-0.39, 0.29) is 0 Å². The first kappa shape index (κ1) is 17.4. The Morgan fingerprint density at radius 1 is 0.947 bits per heavy atom. The summed E-state index contributed by atoms with van der Waals surface area (Å²) in [5.74, 6) is -0.906. The van der Waals surface area contributed by atoms with Gasteiger partial charge in [-0.3, -0.25) is 0 Å². The maximum Gasteiger partial charge on any atom is 0.338 e. The molecule has 4 heteroatoms. The van der Waals surface area contributed by atoms with Crippen LogP contribution in [0.5, 0.6) is 0 Å². The van der Waals surface area contributed by atoms with Crippen LogP contribution in [-0.4, -0.2) is 25.2 Å². The van der Waals surface area contributed by atoms with Crippen LogP contribution in [0.4, 0.5) is 0 Å². The maximum atomic E-state index is 11.9. The molecular weight excluding hydrogens is 244 g/mol. The summed E-state index contributed by atoms with van der Waals surface area (Å²) in [4.78, 5) is 23.8. The standard InChI is InChI=1S/C15H24O4/c1-5-9-13(15(17)19-11-7-3)12(8-4)14(16)18-10-6-2/h5,9H,6-8,10-11H2,1-4H3/b9-5-,13-12-. The second kappa shape index (κ2) is 10.4. The molecular formula is C15H24O4. The van der Waals surface area contributed by atoms with Gasteiger partial charge >= 0.3 is 11.9 Å². The van der Waals surface area contributed by atoms with Crippen molar-refractivity contribution >= 4 is 11.9 Å². The van der Waals surface area contributed by atoms with Gasteiger partial charge in [0.15, 0.2) is 0 Å². The van der Waals surface area contributed by atoms with Crippen molar-refractivity contribution < 1.29 is 19.1 Å². The third kappa shape index (κ3) is 6.22. The predicted octanol–water partition coefficient (Wildman–Crippen LogP) is 3.18. The van der Waals surface area contributed by atoms with Gasteiger partial charge in [0.05, 0.1) is 24.4 Å². The van der Waals surface area contributed by atoms with Gasteiger partial charge in [0.2, 0.25) is 0 Å². The van der Waals surface area contributed by atoms with Crippen LogP contribution in [0.3, 0.4) is 0 Å². The molecule has 108 valence electrons. The molecule has 4 nitrogen and oxygen atoms in total. The molecule has 0 aliphatic carbocycles. The molecule has 0 amide bonds. The highest BCUT2D eigenvalue weighted by Crippen LogP contribution is 2.15. The van der Waals surface area contributed by atoms with E-state index in [1.165, 1.54) is 0 Å². The largest absolute Gasteiger partial charge is 0.462 e. The van der Waals surface area contributed by atoms with Crippen LogP contribution < -0.4 is 0 Å².